The second-order valence-corrected chi connectivity index (χ2v) is 8.08. The summed E-state index contributed by atoms with van der Waals surface area (Å²) in [6, 6.07) is 3.11. The number of anilines is 4. The minimum absolute atomic E-state index is 0.177. The molecule has 0 unspecified atom stereocenters. The molecule has 0 aliphatic carbocycles. The number of hydrogen-bond donors (Lipinski definition) is 3. The Labute approximate surface area is 192 Å². The lowest BCUT2D eigenvalue weighted by atomic mass is 10.1. The van der Waals surface area contributed by atoms with Gasteiger partial charge in [-0.3, -0.25) is 19.8 Å². The first-order chi connectivity index (χ1) is 16.0. The second-order valence-electron chi connectivity index (χ2n) is 8.08. The smallest absolute Gasteiger partial charge is 0.366 e. The van der Waals surface area contributed by atoms with E-state index in [9.17, 15) is 27.6 Å². The molecular formula is C21H22F3N7O3. The highest BCUT2D eigenvalue weighted by atomic mass is 19.4. The van der Waals surface area contributed by atoms with Crippen molar-refractivity contribution >= 4 is 40.9 Å². The lowest BCUT2D eigenvalue weighted by Gasteiger charge is -2.35. The number of urea groups is 1. The highest BCUT2D eigenvalue weighted by Gasteiger charge is 2.41. The number of nitrogens with one attached hydrogen (secondary N) is 3. The van der Waals surface area contributed by atoms with E-state index in [1.807, 2.05) is 10.2 Å². The standard InChI is InChI=1S/C21H22F3N7O3/c1-11(21(22,23)24)26-19(33)15-3-4-16-18(28-15)31(14-6-8-30(16)10-14)20(34)29-17-9-13(5-7-25-17)27-12(2)32/h3-5,7,9,11,14H,6,8,10H2,1-2H3,(H,26,33)(H2,25,27,29,32,34)/t11-,14+/m1/s1. The largest absolute Gasteiger partial charge is 0.408 e. The van der Waals surface area contributed by atoms with Gasteiger partial charge in [0.25, 0.3) is 5.91 Å². The molecule has 2 atom stereocenters. The number of amides is 4. The van der Waals surface area contributed by atoms with Crippen molar-refractivity contribution in [3.05, 3.63) is 36.2 Å². The summed E-state index contributed by atoms with van der Waals surface area (Å²) in [5, 5.41) is 7.15. The van der Waals surface area contributed by atoms with Gasteiger partial charge in [-0.25, -0.2) is 14.8 Å². The molecule has 13 heteroatoms. The van der Waals surface area contributed by atoms with Crippen LogP contribution < -0.4 is 25.8 Å². The summed E-state index contributed by atoms with van der Waals surface area (Å²) in [6.07, 6.45) is -2.53. The monoisotopic (exact) mass is 477 g/mol. The first-order valence-corrected chi connectivity index (χ1v) is 10.5. The van der Waals surface area contributed by atoms with Crippen molar-refractivity contribution in [3.63, 3.8) is 0 Å². The molecule has 4 heterocycles. The molecule has 180 valence electrons. The normalized spacial score (nSPS) is 17.6. The molecular weight excluding hydrogens is 455 g/mol. The van der Waals surface area contributed by atoms with Crippen molar-refractivity contribution in [1.82, 2.24) is 15.3 Å². The van der Waals surface area contributed by atoms with Crippen LogP contribution in [0.1, 0.15) is 30.8 Å². The van der Waals surface area contributed by atoms with Crippen LogP contribution in [0.5, 0.6) is 0 Å². The average Bonchev–Trinajstić information content (AvgIpc) is 3.16. The predicted molar refractivity (Wildman–Crippen MR) is 118 cm³/mol. The van der Waals surface area contributed by atoms with Crippen molar-refractivity contribution in [2.24, 2.45) is 0 Å². The van der Waals surface area contributed by atoms with Gasteiger partial charge >= 0.3 is 12.2 Å². The number of carbonyl (C=O) groups excluding carboxylic acids is 3. The van der Waals surface area contributed by atoms with Gasteiger partial charge in [0.05, 0.1) is 11.7 Å². The third kappa shape index (κ3) is 4.72. The maximum Gasteiger partial charge on any atom is 0.408 e. The fourth-order valence-electron chi connectivity index (χ4n) is 3.90. The van der Waals surface area contributed by atoms with Crippen LogP contribution in [-0.4, -0.2) is 59.2 Å². The number of carbonyl (C=O) groups is 3. The number of aromatic nitrogens is 2. The number of nitrogens with zero attached hydrogens (tertiary/aromatic N) is 4. The molecule has 4 amide bonds. The Hall–Kier alpha value is -3.90. The topological polar surface area (TPSA) is 120 Å². The SMILES string of the molecule is CC(=O)Nc1ccnc(NC(=O)N2c3nc(C(=O)N[C@H](C)C(F)(F)F)ccc3N3CC[C@H]2C3)c1. The first-order valence-electron chi connectivity index (χ1n) is 10.5. The zero-order chi connectivity index (χ0) is 24.6. The third-order valence-electron chi connectivity index (χ3n) is 5.56. The van der Waals surface area contributed by atoms with Crippen LogP contribution in [0.3, 0.4) is 0 Å². The van der Waals surface area contributed by atoms with E-state index in [0.717, 1.165) is 6.92 Å². The van der Waals surface area contributed by atoms with Crippen molar-refractivity contribution < 1.29 is 27.6 Å². The molecule has 0 aromatic carbocycles. The highest BCUT2D eigenvalue weighted by molar-refractivity contribution is 6.05. The van der Waals surface area contributed by atoms with E-state index in [1.165, 1.54) is 30.2 Å². The van der Waals surface area contributed by atoms with Gasteiger partial charge in [-0.2, -0.15) is 13.2 Å². The first kappa shape index (κ1) is 23.3. The molecule has 2 aromatic rings. The van der Waals surface area contributed by atoms with Gasteiger partial charge in [-0.05, 0) is 31.5 Å². The van der Waals surface area contributed by atoms with Crippen LogP contribution in [-0.2, 0) is 4.79 Å². The molecule has 34 heavy (non-hydrogen) atoms. The van der Waals surface area contributed by atoms with Gasteiger partial charge in [0.15, 0.2) is 5.82 Å². The maximum absolute atomic E-state index is 13.2. The summed E-state index contributed by atoms with van der Waals surface area (Å²) >= 11 is 0. The lowest BCUT2D eigenvalue weighted by Crippen LogP contribution is -2.49. The van der Waals surface area contributed by atoms with Crippen molar-refractivity contribution in [2.45, 2.75) is 38.5 Å². The lowest BCUT2D eigenvalue weighted by molar-refractivity contribution is -0.149. The molecule has 3 N–H and O–H groups in total. The minimum atomic E-state index is -4.60. The van der Waals surface area contributed by atoms with Gasteiger partial charge < -0.3 is 15.5 Å². The Morgan fingerprint density at radius 2 is 1.94 bits per heavy atom. The van der Waals surface area contributed by atoms with Gasteiger partial charge in [0.1, 0.15) is 17.6 Å². The van der Waals surface area contributed by atoms with E-state index in [-0.39, 0.29) is 29.3 Å². The zero-order valence-electron chi connectivity index (χ0n) is 18.3. The molecule has 0 saturated carbocycles. The fourth-order valence-corrected chi connectivity index (χ4v) is 3.90. The van der Waals surface area contributed by atoms with E-state index in [4.69, 9.17) is 0 Å². The number of hydrogen-bond acceptors (Lipinski definition) is 6. The highest BCUT2D eigenvalue weighted by Crippen LogP contribution is 2.39. The number of fused-ring (bicyclic) bond motifs is 4. The summed E-state index contributed by atoms with van der Waals surface area (Å²) in [5.41, 5.74) is 0.810. The molecule has 0 radical (unpaired) electrons. The van der Waals surface area contributed by atoms with Crippen LogP contribution in [0, 0.1) is 0 Å². The van der Waals surface area contributed by atoms with Crippen molar-refractivity contribution in [2.75, 3.05) is 33.5 Å². The van der Waals surface area contributed by atoms with Crippen LogP contribution in [0.2, 0.25) is 0 Å². The van der Waals surface area contributed by atoms with Gasteiger partial charge in [-0.1, -0.05) is 0 Å². The quantitative estimate of drug-likeness (QED) is 0.623. The molecule has 4 rings (SSSR count). The number of pyridine rings is 2. The molecule has 2 aliphatic rings. The van der Waals surface area contributed by atoms with Gasteiger partial charge in [0.2, 0.25) is 5.91 Å². The summed E-state index contributed by atoms with van der Waals surface area (Å²) in [7, 11) is 0. The molecule has 10 nitrogen and oxygen atoms in total. The molecule has 1 saturated heterocycles. The average molecular weight is 477 g/mol. The van der Waals surface area contributed by atoms with Gasteiger partial charge in [0, 0.05) is 38.0 Å². The summed E-state index contributed by atoms with van der Waals surface area (Å²) in [5.74, 6) is -0.914. The zero-order valence-corrected chi connectivity index (χ0v) is 18.3. The van der Waals surface area contributed by atoms with Crippen LogP contribution in [0.4, 0.5) is 41.0 Å². The number of alkyl halides is 3. The molecule has 2 bridgehead atoms. The van der Waals surface area contributed by atoms with E-state index in [1.54, 1.807) is 12.1 Å². The maximum atomic E-state index is 13.2. The molecule has 1 fully saturated rings. The molecule has 0 spiro atoms. The van der Waals surface area contributed by atoms with Crippen LogP contribution in [0.25, 0.3) is 0 Å². The predicted octanol–water partition coefficient (Wildman–Crippen LogP) is 2.75. The summed E-state index contributed by atoms with van der Waals surface area (Å²) in [6.45, 7) is 3.41. The number of halogens is 3. The fraction of sp³-hybridized carbons (Fsp3) is 0.381. The Kier molecular flexibility index (Phi) is 6.02. The van der Waals surface area contributed by atoms with Crippen LogP contribution in [0.15, 0.2) is 30.5 Å². The minimum Gasteiger partial charge on any atom is -0.366 e. The Bertz CT molecular complexity index is 1140. The Balaban J connectivity index is 1.60. The second kappa shape index (κ2) is 8.80. The summed E-state index contributed by atoms with van der Waals surface area (Å²) in [4.78, 5) is 48.7. The van der Waals surface area contributed by atoms with E-state index in [2.05, 4.69) is 20.6 Å². The van der Waals surface area contributed by atoms with E-state index >= 15 is 0 Å². The van der Waals surface area contributed by atoms with Gasteiger partial charge in [-0.15, -0.1) is 0 Å². The Morgan fingerprint density at radius 1 is 1.18 bits per heavy atom. The summed E-state index contributed by atoms with van der Waals surface area (Å²) < 4.78 is 38.6. The van der Waals surface area contributed by atoms with E-state index < -0.39 is 24.2 Å². The van der Waals surface area contributed by atoms with Crippen molar-refractivity contribution in [3.8, 4) is 0 Å². The molecule has 2 aromatic heterocycles. The Morgan fingerprint density at radius 3 is 2.65 bits per heavy atom. The van der Waals surface area contributed by atoms with E-state index in [0.29, 0.717) is 30.9 Å². The number of rotatable bonds is 4. The van der Waals surface area contributed by atoms with Crippen molar-refractivity contribution in [1.29, 1.82) is 0 Å². The third-order valence-corrected chi connectivity index (χ3v) is 5.56. The molecule has 2 aliphatic heterocycles. The van der Waals surface area contributed by atoms with Crippen LogP contribution >= 0.6 is 0 Å².